The van der Waals surface area contributed by atoms with E-state index in [2.05, 4.69) is 0 Å². The first-order chi connectivity index (χ1) is 7.40. The first-order valence-electron chi connectivity index (χ1n) is 5.04. The Morgan fingerprint density at radius 1 is 1.29 bits per heavy atom. The lowest BCUT2D eigenvalue weighted by Crippen LogP contribution is -2.33. The molecule has 0 aromatic heterocycles. The molecule has 0 fully saturated rings. The van der Waals surface area contributed by atoms with Crippen molar-refractivity contribution < 1.29 is 13.2 Å². The number of nitrogen functional groups attached to an aromatic ring is 1. The number of hydrogen-bond acceptors (Lipinski definition) is 2. The maximum Gasteiger partial charge on any atom is 0.401 e. The number of anilines is 1. The van der Waals surface area contributed by atoms with Gasteiger partial charge in [0.1, 0.15) is 0 Å². The van der Waals surface area contributed by atoms with Gasteiger partial charge in [0, 0.05) is 12.2 Å². The predicted molar refractivity (Wildman–Crippen MR) is 65.1 cm³/mol. The van der Waals surface area contributed by atoms with Crippen LogP contribution in [0.2, 0.25) is 0 Å². The third-order valence-corrected chi connectivity index (χ3v) is 2.21. The molecule has 0 saturated heterocycles. The number of halogens is 4. The number of hydrogen-bond donors (Lipinski definition) is 1. The Kier molecular flexibility index (Phi) is 6.34. The van der Waals surface area contributed by atoms with E-state index in [1.165, 1.54) is 4.90 Å². The maximum absolute atomic E-state index is 12.2. The maximum atomic E-state index is 12.2. The van der Waals surface area contributed by atoms with Crippen LogP contribution < -0.4 is 5.73 Å². The van der Waals surface area contributed by atoms with E-state index >= 15 is 0 Å². The lowest BCUT2D eigenvalue weighted by Gasteiger charge is -2.21. The molecule has 17 heavy (non-hydrogen) atoms. The molecule has 2 nitrogen and oxygen atoms in total. The van der Waals surface area contributed by atoms with Crippen molar-refractivity contribution in [3.05, 3.63) is 29.8 Å². The molecule has 1 aromatic rings. The number of benzene rings is 1. The molecule has 0 aliphatic heterocycles. The number of alkyl halides is 3. The first-order valence-corrected chi connectivity index (χ1v) is 5.04. The fraction of sp³-hybridized carbons (Fsp3) is 0.455. The quantitative estimate of drug-likeness (QED) is 0.851. The normalized spacial score (nSPS) is 11.4. The van der Waals surface area contributed by atoms with E-state index < -0.39 is 12.7 Å². The van der Waals surface area contributed by atoms with Gasteiger partial charge in [0.05, 0.1) is 6.54 Å². The minimum atomic E-state index is -4.16. The summed E-state index contributed by atoms with van der Waals surface area (Å²) in [4.78, 5) is 1.33. The van der Waals surface area contributed by atoms with Gasteiger partial charge < -0.3 is 5.73 Å². The fourth-order valence-electron chi connectivity index (χ4n) is 1.48. The molecule has 0 aliphatic carbocycles. The summed E-state index contributed by atoms with van der Waals surface area (Å²) in [5, 5.41) is 0. The van der Waals surface area contributed by atoms with Crippen LogP contribution in [0.4, 0.5) is 18.9 Å². The summed E-state index contributed by atoms with van der Waals surface area (Å²) < 4.78 is 36.6. The van der Waals surface area contributed by atoms with Crippen molar-refractivity contribution in [2.75, 3.05) is 18.8 Å². The molecule has 0 spiro atoms. The Labute approximate surface area is 105 Å². The topological polar surface area (TPSA) is 29.3 Å². The SMILES string of the molecule is CCN(Cc1cccc(N)c1)CC(F)(F)F.Cl. The van der Waals surface area contributed by atoms with Crippen LogP contribution in [0, 0.1) is 0 Å². The van der Waals surface area contributed by atoms with Crippen molar-refractivity contribution in [1.29, 1.82) is 0 Å². The van der Waals surface area contributed by atoms with Crippen LogP contribution in [0.1, 0.15) is 12.5 Å². The summed E-state index contributed by atoms with van der Waals surface area (Å²) in [5.41, 5.74) is 6.93. The smallest absolute Gasteiger partial charge is 0.399 e. The molecule has 6 heteroatoms. The van der Waals surface area contributed by atoms with E-state index in [0.717, 1.165) is 5.56 Å². The van der Waals surface area contributed by atoms with Gasteiger partial charge in [0.2, 0.25) is 0 Å². The van der Waals surface area contributed by atoms with Gasteiger partial charge in [0.15, 0.2) is 0 Å². The Hall–Kier alpha value is -0.940. The highest BCUT2D eigenvalue weighted by atomic mass is 35.5. The van der Waals surface area contributed by atoms with Crippen molar-refractivity contribution in [3.8, 4) is 0 Å². The summed E-state index contributed by atoms with van der Waals surface area (Å²) in [6, 6.07) is 6.92. The molecule has 98 valence electrons. The average molecular weight is 269 g/mol. The molecule has 1 rings (SSSR count). The Balaban J connectivity index is 0.00000256. The van der Waals surface area contributed by atoms with Crippen LogP contribution in [0.5, 0.6) is 0 Å². The molecule has 0 unspecified atom stereocenters. The second-order valence-electron chi connectivity index (χ2n) is 3.66. The Morgan fingerprint density at radius 3 is 2.41 bits per heavy atom. The summed E-state index contributed by atoms with van der Waals surface area (Å²) in [5.74, 6) is 0. The third-order valence-electron chi connectivity index (χ3n) is 2.21. The molecule has 0 amide bonds. The van der Waals surface area contributed by atoms with Gasteiger partial charge in [-0.25, -0.2) is 0 Å². The first kappa shape index (κ1) is 16.1. The average Bonchev–Trinajstić information content (AvgIpc) is 2.14. The van der Waals surface area contributed by atoms with E-state index in [1.54, 1.807) is 31.2 Å². The van der Waals surface area contributed by atoms with E-state index in [0.29, 0.717) is 12.2 Å². The minimum absolute atomic E-state index is 0. The Morgan fingerprint density at radius 2 is 1.94 bits per heavy atom. The zero-order valence-corrected chi connectivity index (χ0v) is 10.3. The molecule has 1 aromatic carbocycles. The monoisotopic (exact) mass is 268 g/mol. The van der Waals surface area contributed by atoms with Gasteiger partial charge in [-0.2, -0.15) is 13.2 Å². The van der Waals surface area contributed by atoms with Gasteiger partial charge in [0.25, 0.3) is 0 Å². The summed E-state index contributed by atoms with van der Waals surface area (Å²) in [7, 11) is 0. The number of nitrogens with two attached hydrogens (primary N) is 1. The molecule has 0 saturated carbocycles. The minimum Gasteiger partial charge on any atom is -0.399 e. The highest BCUT2D eigenvalue weighted by Crippen LogP contribution is 2.18. The van der Waals surface area contributed by atoms with Crippen LogP contribution in [0.15, 0.2) is 24.3 Å². The molecular formula is C11H16ClF3N2. The standard InChI is InChI=1S/C11H15F3N2.ClH/c1-2-16(8-11(12,13)14)7-9-4-3-5-10(15)6-9;/h3-6H,2,7-8,15H2,1H3;1H. The predicted octanol–water partition coefficient (Wildman–Crippen LogP) is 3.07. The molecule has 0 aliphatic rings. The summed E-state index contributed by atoms with van der Waals surface area (Å²) in [6.07, 6.45) is -4.16. The molecule has 0 radical (unpaired) electrons. The van der Waals surface area contributed by atoms with Crippen LogP contribution >= 0.6 is 12.4 Å². The highest BCUT2D eigenvalue weighted by molar-refractivity contribution is 5.85. The second kappa shape index (κ2) is 6.71. The summed E-state index contributed by atoms with van der Waals surface area (Å²) in [6.45, 7) is 1.44. The zero-order valence-electron chi connectivity index (χ0n) is 9.50. The molecule has 2 N–H and O–H groups in total. The van der Waals surface area contributed by atoms with Crippen molar-refractivity contribution in [2.24, 2.45) is 0 Å². The van der Waals surface area contributed by atoms with E-state index in [4.69, 9.17) is 5.73 Å². The van der Waals surface area contributed by atoms with Crippen LogP contribution in [0.25, 0.3) is 0 Å². The van der Waals surface area contributed by atoms with Crippen molar-refractivity contribution in [1.82, 2.24) is 4.90 Å². The lowest BCUT2D eigenvalue weighted by molar-refractivity contribution is -0.146. The van der Waals surface area contributed by atoms with E-state index in [9.17, 15) is 13.2 Å². The number of nitrogens with zero attached hydrogens (tertiary/aromatic N) is 1. The van der Waals surface area contributed by atoms with Gasteiger partial charge in [-0.15, -0.1) is 12.4 Å². The van der Waals surface area contributed by atoms with E-state index in [-0.39, 0.29) is 19.0 Å². The van der Waals surface area contributed by atoms with Gasteiger partial charge in [-0.3, -0.25) is 4.90 Å². The lowest BCUT2D eigenvalue weighted by atomic mass is 10.2. The van der Waals surface area contributed by atoms with Crippen LogP contribution in [-0.4, -0.2) is 24.2 Å². The van der Waals surface area contributed by atoms with Crippen molar-refractivity contribution in [3.63, 3.8) is 0 Å². The molecular weight excluding hydrogens is 253 g/mol. The third kappa shape index (κ3) is 6.38. The number of rotatable bonds is 4. The fourth-order valence-corrected chi connectivity index (χ4v) is 1.48. The highest BCUT2D eigenvalue weighted by Gasteiger charge is 2.29. The molecule has 0 atom stereocenters. The zero-order chi connectivity index (χ0) is 12.2. The summed E-state index contributed by atoms with van der Waals surface area (Å²) >= 11 is 0. The van der Waals surface area contributed by atoms with Crippen molar-refractivity contribution >= 4 is 18.1 Å². The second-order valence-corrected chi connectivity index (χ2v) is 3.66. The molecule has 0 bridgehead atoms. The molecule has 0 heterocycles. The largest absolute Gasteiger partial charge is 0.401 e. The Bertz CT molecular complexity index is 342. The van der Waals surface area contributed by atoms with E-state index in [1.807, 2.05) is 0 Å². The van der Waals surface area contributed by atoms with Gasteiger partial charge in [-0.1, -0.05) is 19.1 Å². The van der Waals surface area contributed by atoms with Gasteiger partial charge in [-0.05, 0) is 24.2 Å². The van der Waals surface area contributed by atoms with Crippen molar-refractivity contribution in [2.45, 2.75) is 19.6 Å². The van der Waals surface area contributed by atoms with Gasteiger partial charge >= 0.3 is 6.18 Å². The van der Waals surface area contributed by atoms with Crippen LogP contribution in [-0.2, 0) is 6.54 Å². The van der Waals surface area contributed by atoms with Crippen LogP contribution in [0.3, 0.4) is 0 Å².